The van der Waals surface area contributed by atoms with Crippen molar-refractivity contribution >= 4 is 10.8 Å². The first-order valence-electron chi connectivity index (χ1n) is 13.8. The Hall–Kier alpha value is -3.32. The summed E-state index contributed by atoms with van der Waals surface area (Å²) in [6.45, 7) is 3.97. The maximum Gasteiger partial charge on any atom is 0.263 e. The number of β-amino-alcohol motifs (C(OH)–C–C–N with tert-alkyl or cyclic N) is 1. The third-order valence-electron chi connectivity index (χ3n) is 8.73. The number of hydrogen-bond acceptors (Lipinski definition) is 4. The first-order chi connectivity index (χ1) is 19.0. The lowest BCUT2D eigenvalue weighted by molar-refractivity contribution is 0.0400. The van der Waals surface area contributed by atoms with Crippen LogP contribution < -0.4 is 4.74 Å². The van der Waals surface area contributed by atoms with E-state index in [-0.39, 0.29) is 12.6 Å². The smallest absolute Gasteiger partial charge is 0.263 e. The lowest BCUT2D eigenvalue weighted by atomic mass is 9.90. The highest BCUT2D eigenvalue weighted by atomic mass is 19.3. The Morgan fingerprint density at radius 3 is 1.97 bits per heavy atom. The van der Waals surface area contributed by atoms with Crippen LogP contribution in [0.5, 0.6) is 5.75 Å². The van der Waals surface area contributed by atoms with E-state index in [9.17, 15) is 13.9 Å². The molecule has 2 unspecified atom stereocenters. The molecule has 0 amide bonds. The number of nitrogens with zero attached hydrogens (tertiary/aromatic N) is 2. The van der Waals surface area contributed by atoms with E-state index in [0.717, 1.165) is 65.0 Å². The molecule has 4 atom stereocenters. The molecular weight excluding hydrogens is 494 g/mol. The van der Waals surface area contributed by atoms with Crippen LogP contribution in [-0.4, -0.2) is 66.3 Å². The number of benzene rings is 4. The Morgan fingerprint density at radius 2 is 1.31 bits per heavy atom. The van der Waals surface area contributed by atoms with Crippen molar-refractivity contribution in [2.24, 2.45) is 0 Å². The number of aliphatic hydroxyl groups excluding tert-OH is 1. The van der Waals surface area contributed by atoms with Crippen molar-refractivity contribution in [3.05, 3.63) is 113 Å². The minimum atomic E-state index is -2.69. The van der Waals surface area contributed by atoms with Gasteiger partial charge in [0.2, 0.25) is 0 Å². The van der Waals surface area contributed by atoms with E-state index in [2.05, 4.69) is 21.9 Å². The molecule has 1 saturated carbocycles. The molecule has 1 N–H and O–H groups in total. The van der Waals surface area contributed by atoms with Crippen LogP contribution in [0.15, 0.2) is 91.0 Å². The minimum absolute atomic E-state index is 0.0391. The Labute approximate surface area is 227 Å². The molecule has 200 valence electrons. The molecule has 4 nitrogen and oxygen atoms in total. The van der Waals surface area contributed by atoms with E-state index in [0.29, 0.717) is 6.54 Å². The highest BCUT2D eigenvalue weighted by Gasteiger charge is 2.71. The molecule has 1 aliphatic heterocycles. The predicted octanol–water partition coefficient (Wildman–Crippen LogP) is 5.82. The topological polar surface area (TPSA) is 35.9 Å². The summed E-state index contributed by atoms with van der Waals surface area (Å²) < 4.78 is 36.0. The van der Waals surface area contributed by atoms with Crippen LogP contribution in [0.25, 0.3) is 10.8 Å². The van der Waals surface area contributed by atoms with Gasteiger partial charge < -0.3 is 9.84 Å². The van der Waals surface area contributed by atoms with Gasteiger partial charge in [-0.05, 0) is 33.7 Å². The zero-order valence-corrected chi connectivity index (χ0v) is 21.7. The van der Waals surface area contributed by atoms with Gasteiger partial charge in [-0.1, -0.05) is 84.9 Å². The Kier molecular flexibility index (Phi) is 6.14. The average molecular weight is 527 g/mol. The number of fused-ring (bicyclic) bond motifs is 6. The molecule has 1 heterocycles. The summed E-state index contributed by atoms with van der Waals surface area (Å²) in [6.07, 6.45) is -0.607. The Balaban J connectivity index is 1.04. The van der Waals surface area contributed by atoms with E-state index >= 15 is 0 Å². The van der Waals surface area contributed by atoms with Gasteiger partial charge in [-0.2, -0.15) is 0 Å². The monoisotopic (exact) mass is 526 g/mol. The molecule has 2 fully saturated rings. The van der Waals surface area contributed by atoms with E-state index in [4.69, 9.17) is 4.74 Å². The van der Waals surface area contributed by atoms with E-state index < -0.39 is 23.9 Å². The van der Waals surface area contributed by atoms with E-state index in [1.54, 1.807) is 0 Å². The van der Waals surface area contributed by atoms with Crippen LogP contribution in [0.1, 0.15) is 40.1 Å². The molecule has 3 aliphatic rings. The van der Waals surface area contributed by atoms with Gasteiger partial charge in [-0.15, -0.1) is 0 Å². The fraction of sp³-hybridized carbons (Fsp3) is 0.333. The molecule has 39 heavy (non-hydrogen) atoms. The van der Waals surface area contributed by atoms with Crippen LogP contribution in [0.3, 0.4) is 0 Å². The summed E-state index contributed by atoms with van der Waals surface area (Å²) in [5.74, 6) is -3.39. The maximum absolute atomic E-state index is 15.0. The van der Waals surface area contributed by atoms with Crippen molar-refractivity contribution in [3.63, 3.8) is 0 Å². The van der Waals surface area contributed by atoms with Crippen molar-refractivity contribution in [2.75, 3.05) is 39.3 Å². The Morgan fingerprint density at radius 1 is 0.744 bits per heavy atom. The quantitative estimate of drug-likeness (QED) is 0.344. The fourth-order valence-corrected chi connectivity index (χ4v) is 6.81. The van der Waals surface area contributed by atoms with Gasteiger partial charge in [0.25, 0.3) is 5.92 Å². The fourth-order valence-electron chi connectivity index (χ4n) is 6.81. The standard InChI is InChI=1S/C33H32F2N2O2/c34-33(35)30-25-11-3-5-13-27(25)32(28-14-6-4-12-26(28)31(30)33)37-18-16-36(17-19-37)20-23(38)21-39-29-15-7-9-22-8-1-2-10-24(22)29/h1-15,23,30-32,38H,16-21H2/t23?,30-,31+,32?. The molecule has 0 bridgehead atoms. The van der Waals surface area contributed by atoms with Gasteiger partial charge >= 0.3 is 0 Å². The maximum atomic E-state index is 15.0. The van der Waals surface area contributed by atoms with E-state index in [1.807, 2.05) is 78.9 Å². The van der Waals surface area contributed by atoms with Crippen molar-refractivity contribution in [2.45, 2.75) is 29.9 Å². The summed E-state index contributed by atoms with van der Waals surface area (Å²) in [5.41, 5.74) is 3.59. The van der Waals surface area contributed by atoms with E-state index in [1.165, 1.54) is 0 Å². The second kappa shape index (κ2) is 9.70. The van der Waals surface area contributed by atoms with Crippen LogP contribution >= 0.6 is 0 Å². The van der Waals surface area contributed by atoms with Crippen molar-refractivity contribution in [3.8, 4) is 5.75 Å². The third kappa shape index (κ3) is 4.31. The molecule has 1 saturated heterocycles. The number of halogens is 2. The second-order valence-corrected chi connectivity index (χ2v) is 11.1. The van der Waals surface area contributed by atoms with Crippen LogP contribution in [0, 0.1) is 0 Å². The normalized spacial score (nSPS) is 24.7. The number of ether oxygens (including phenoxy) is 1. The van der Waals surface area contributed by atoms with Gasteiger partial charge in [0, 0.05) is 38.1 Å². The molecule has 0 spiro atoms. The number of rotatable bonds is 6. The molecule has 6 heteroatoms. The molecular formula is C33H32F2N2O2. The second-order valence-electron chi connectivity index (χ2n) is 11.1. The average Bonchev–Trinajstić information content (AvgIpc) is 3.58. The predicted molar refractivity (Wildman–Crippen MR) is 149 cm³/mol. The van der Waals surface area contributed by atoms with Crippen LogP contribution in [0.2, 0.25) is 0 Å². The third-order valence-corrected chi connectivity index (χ3v) is 8.73. The molecule has 7 rings (SSSR count). The molecule has 4 aromatic rings. The minimum Gasteiger partial charge on any atom is -0.490 e. The summed E-state index contributed by atoms with van der Waals surface area (Å²) in [4.78, 5) is 4.70. The molecule has 0 radical (unpaired) electrons. The van der Waals surface area contributed by atoms with Crippen LogP contribution in [-0.2, 0) is 0 Å². The molecule has 4 aromatic carbocycles. The summed E-state index contributed by atoms with van der Waals surface area (Å²) in [5, 5.41) is 12.9. The van der Waals surface area contributed by atoms with Gasteiger partial charge in [0.15, 0.2) is 0 Å². The van der Waals surface area contributed by atoms with Gasteiger partial charge in [0.1, 0.15) is 18.5 Å². The number of hydrogen-bond donors (Lipinski definition) is 1. The Bertz CT molecular complexity index is 1440. The highest BCUT2D eigenvalue weighted by Crippen LogP contribution is 2.70. The van der Waals surface area contributed by atoms with Gasteiger partial charge in [-0.25, -0.2) is 8.78 Å². The lowest BCUT2D eigenvalue weighted by Gasteiger charge is -2.41. The summed E-state index contributed by atoms with van der Waals surface area (Å²) in [7, 11) is 0. The van der Waals surface area contributed by atoms with Gasteiger partial charge in [-0.3, -0.25) is 9.80 Å². The SMILES string of the molecule is OC(COc1cccc2ccccc12)CN1CCN(C2c3ccccc3[C@@H]3[C@H](c4ccccc42)C3(F)F)CC1. The molecule has 0 aromatic heterocycles. The zero-order valence-electron chi connectivity index (χ0n) is 21.7. The zero-order chi connectivity index (χ0) is 26.6. The van der Waals surface area contributed by atoms with Crippen molar-refractivity contribution < 1.29 is 18.6 Å². The highest BCUT2D eigenvalue weighted by molar-refractivity contribution is 5.88. The summed E-state index contributed by atoms with van der Waals surface area (Å²) in [6, 6.07) is 29.6. The van der Waals surface area contributed by atoms with Crippen molar-refractivity contribution in [1.82, 2.24) is 9.80 Å². The number of aliphatic hydroxyl groups is 1. The first-order valence-corrected chi connectivity index (χ1v) is 13.8. The lowest BCUT2D eigenvalue weighted by Crippen LogP contribution is -2.50. The van der Waals surface area contributed by atoms with Gasteiger partial charge in [0.05, 0.1) is 17.9 Å². The summed E-state index contributed by atoms with van der Waals surface area (Å²) >= 11 is 0. The first kappa shape index (κ1) is 24.7. The molecule has 2 aliphatic carbocycles. The number of piperazine rings is 1. The number of alkyl halides is 2. The van der Waals surface area contributed by atoms with Crippen LogP contribution in [0.4, 0.5) is 8.78 Å². The largest absolute Gasteiger partial charge is 0.490 e. The van der Waals surface area contributed by atoms with Crippen molar-refractivity contribution in [1.29, 1.82) is 0 Å².